The maximum absolute atomic E-state index is 12.1. The molecule has 2 atom stereocenters. The highest BCUT2D eigenvalue weighted by atomic mass is 16.5. The number of ether oxygens (including phenoxy) is 1. The van der Waals surface area contributed by atoms with E-state index in [1.165, 1.54) is 7.11 Å². The van der Waals surface area contributed by atoms with Gasteiger partial charge in [-0.1, -0.05) is 27.7 Å². The number of hydrogen-bond acceptors (Lipinski definition) is 6. The van der Waals surface area contributed by atoms with Gasteiger partial charge in [0.2, 0.25) is 12.3 Å². The number of amides is 2. The first kappa shape index (κ1) is 29.6. The number of benzene rings is 1. The lowest BCUT2D eigenvalue weighted by Gasteiger charge is -2.21. The standard InChI is InChI=1S/C14H25NO5.C9H9NO3/c1-8(2)5-10(7-12(16)17)13(18)15-11(14(19)20)6-9(3)4;1-13-9(12)7-2-4-8(5-3-7)10-6-11/h8-11H,5-7H2,1-4H3,(H,15,18)(H,16,17)(H,19,20);2-6H,1H3,(H,10,11)/t10?,11-;/m0./s1. The third kappa shape index (κ3) is 12.9. The molecule has 0 aromatic heterocycles. The smallest absolute Gasteiger partial charge is 0.337 e. The van der Waals surface area contributed by atoms with Crippen LogP contribution < -0.4 is 10.6 Å². The van der Waals surface area contributed by atoms with Crippen molar-refractivity contribution in [1.29, 1.82) is 0 Å². The maximum atomic E-state index is 12.1. The number of hydrogen-bond donors (Lipinski definition) is 4. The van der Waals surface area contributed by atoms with E-state index in [0.29, 0.717) is 30.5 Å². The van der Waals surface area contributed by atoms with E-state index in [1.54, 1.807) is 24.3 Å². The van der Waals surface area contributed by atoms with Crippen molar-refractivity contribution < 1.29 is 38.9 Å². The van der Waals surface area contributed by atoms with Crippen LogP contribution in [-0.4, -0.2) is 53.6 Å². The van der Waals surface area contributed by atoms with Gasteiger partial charge in [0.05, 0.1) is 19.1 Å². The Morgan fingerprint density at radius 3 is 1.91 bits per heavy atom. The molecule has 1 unspecified atom stereocenters. The third-order valence-electron chi connectivity index (χ3n) is 4.40. The van der Waals surface area contributed by atoms with Crippen molar-refractivity contribution in [2.45, 2.75) is 53.0 Å². The lowest BCUT2D eigenvalue weighted by Crippen LogP contribution is -2.45. The van der Waals surface area contributed by atoms with Crippen molar-refractivity contribution in [2.24, 2.45) is 17.8 Å². The van der Waals surface area contributed by atoms with Gasteiger partial charge in [-0.3, -0.25) is 14.4 Å². The number of carbonyl (C=O) groups excluding carboxylic acids is 3. The topological polar surface area (TPSA) is 159 Å². The molecule has 1 rings (SSSR count). The second kappa shape index (κ2) is 15.4. The second-order valence-electron chi connectivity index (χ2n) is 8.28. The monoisotopic (exact) mass is 466 g/mol. The Hall–Kier alpha value is -3.43. The molecule has 0 radical (unpaired) electrons. The first-order valence-corrected chi connectivity index (χ1v) is 10.5. The SMILES string of the molecule is CC(C)CC(CC(=O)O)C(=O)N[C@@H](CC(C)C)C(=O)O.COC(=O)c1ccc(NC=O)cc1. The minimum atomic E-state index is -1.09. The molecule has 0 heterocycles. The van der Waals surface area contributed by atoms with Gasteiger partial charge in [0.25, 0.3) is 0 Å². The van der Waals surface area contributed by atoms with Crippen molar-refractivity contribution in [1.82, 2.24) is 5.32 Å². The molecular formula is C23H34N2O8. The summed E-state index contributed by atoms with van der Waals surface area (Å²) in [4.78, 5) is 55.0. The summed E-state index contributed by atoms with van der Waals surface area (Å²) < 4.78 is 4.51. The molecule has 4 N–H and O–H groups in total. The lowest BCUT2D eigenvalue weighted by atomic mass is 9.92. The molecule has 2 amide bonds. The number of anilines is 1. The van der Waals surface area contributed by atoms with Gasteiger partial charge in [0, 0.05) is 11.6 Å². The van der Waals surface area contributed by atoms with Crippen LogP contribution in [0.4, 0.5) is 5.69 Å². The summed E-state index contributed by atoms with van der Waals surface area (Å²) in [6.07, 6.45) is 1.04. The fraction of sp³-hybridized carbons (Fsp3) is 0.522. The van der Waals surface area contributed by atoms with Gasteiger partial charge in [0.1, 0.15) is 6.04 Å². The van der Waals surface area contributed by atoms with E-state index in [0.717, 1.165) is 0 Å². The van der Waals surface area contributed by atoms with Crippen LogP contribution in [0.15, 0.2) is 24.3 Å². The molecule has 33 heavy (non-hydrogen) atoms. The Balaban J connectivity index is 0.000000676. The molecule has 1 aromatic rings. The summed E-state index contributed by atoms with van der Waals surface area (Å²) >= 11 is 0. The van der Waals surface area contributed by atoms with Crippen LogP contribution in [0.3, 0.4) is 0 Å². The largest absolute Gasteiger partial charge is 0.481 e. The fourth-order valence-electron chi connectivity index (χ4n) is 2.93. The van der Waals surface area contributed by atoms with Crippen LogP contribution in [0.2, 0.25) is 0 Å². The van der Waals surface area contributed by atoms with Crippen LogP contribution in [0.1, 0.15) is 57.3 Å². The minimum Gasteiger partial charge on any atom is -0.481 e. The number of esters is 1. The predicted octanol–water partition coefficient (Wildman–Crippen LogP) is 2.78. The van der Waals surface area contributed by atoms with E-state index >= 15 is 0 Å². The van der Waals surface area contributed by atoms with E-state index in [9.17, 15) is 24.0 Å². The molecule has 0 saturated carbocycles. The Morgan fingerprint density at radius 2 is 1.52 bits per heavy atom. The highest BCUT2D eigenvalue weighted by Gasteiger charge is 2.27. The maximum Gasteiger partial charge on any atom is 0.337 e. The molecule has 0 aliphatic rings. The van der Waals surface area contributed by atoms with Crippen LogP contribution >= 0.6 is 0 Å². The Labute approximate surface area is 193 Å². The Morgan fingerprint density at radius 1 is 0.970 bits per heavy atom. The third-order valence-corrected chi connectivity index (χ3v) is 4.40. The average Bonchev–Trinajstić information content (AvgIpc) is 2.72. The van der Waals surface area contributed by atoms with Gasteiger partial charge in [-0.05, 0) is 48.9 Å². The van der Waals surface area contributed by atoms with Crippen LogP contribution in [0.5, 0.6) is 0 Å². The van der Waals surface area contributed by atoms with Crippen molar-refractivity contribution in [2.75, 3.05) is 12.4 Å². The summed E-state index contributed by atoms with van der Waals surface area (Å²) in [5, 5.41) is 22.8. The number of nitrogens with one attached hydrogen (secondary N) is 2. The summed E-state index contributed by atoms with van der Waals surface area (Å²) in [6.45, 7) is 7.52. The van der Waals surface area contributed by atoms with Gasteiger partial charge in [-0.2, -0.15) is 0 Å². The molecule has 10 nitrogen and oxygen atoms in total. The van der Waals surface area contributed by atoms with Gasteiger partial charge in [-0.25, -0.2) is 9.59 Å². The molecular weight excluding hydrogens is 432 g/mol. The van der Waals surface area contributed by atoms with Crippen LogP contribution in [0, 0.1) is 17.8 Å². The van der Waals surface area contributed by atoms with Gasteiger partial charge >= 0.3 is 17.9 Å². The first-order valence-electron chi connectivity index (χ1n) is 10.5. The van der Waals surface area contributed by atoms with Crippen LogP contribution in [-0.2, 0) is 23.9 Å². The van der Waals surface area contributed by atoms with Crippen molar-refractivity contribution in [3.05, 3.63) is 29.8 Å². The summed E-state index contributed by atoms with van der Waals surface area (Å²) in [7, 11) is 1.32. The normalized spacial score (nSPS) is 12.1. The van der Waals surface area contributed by atoms with E-state index < -0.39 is 35.8 Å². The van der Waals surface area contributed by atoms with Crippen LogP contribution in [0.25, 0.3) is 0 Å². The van der Waals surface area contributed by atoms with E-state index in [4.69, 9.17) is 10.2 Å². The van der Waals surface area contributed by atoms with E-state index in [1.807, 2.05) is 27.7 Å². The number of carboxylic acids is 2. The Kier molecular flexibility index (Phi) is 13.8. The molecule has 184 valence electrons. The molecule has 0 bridgehead atoms. The van der Waals surface area contributed by atoms with Crippen molar-refractivity contribution >= 4 is 35.9 Å². The fourth-order valence-corrected chi connectivity index (χ4v) is 2.93. The average molecular weight is 467 g/mol. The number of methoxy groups -OCH3 is 1. The summed E-state index contributed by atoms with van der Waals surface area (Å²) in [5.74, 6) is -3.43. The summed E-state index contributed by atoms with van der Waals surface area (Å²) in [6, 6.07) is 5.45. The zero-order chi connectivity index (χ0) is 25.6. The predicted molar refractivity (Wildman–Crippen MR) is 122 cm³/mol. The summed E-state index contributed by atoms with van der Waals surface area (Å²) in [5.41, 5.74) is 1.10. The lowest BCUT2D eigenvalue weighted by molar-refractivity contribution is -0.144. The van der Waals surface area contributed by atoms with Gasteiger partial charge < -0.3 is 25.6 Å². The Bertz CT molecular complexity index is 790. The number of aliphatic carboxylic acids is 2. The first-order chi connectivity index (χ1) is 15.4. The van der Waals surface area contributed by atoms with Gasteiger partial charge in [-0.15, -0.1) is 0 Å². The second-order valence-corrected chi connectivity index (χ2v) is 8.28. The van der Waals surface area contributed by atoms with Crippen molar-refractivity contribution in [3.8, 4) is 0 Å². The van der Waals surface area contributed by atoms with E-state index in [-0.39, 0.29) is 18.3 Å². The zero-order valence-corrected chi connectivity index (χ0v) is 19.7. The molecule has 0 aliphatic heterocycles. The van der Waals surface area contributed by atoms with Crippen molar-refractivity contribution in [3.63, 3.8) is 0 Å². The molecule has 0 spiro atoms. The molecule has 0 fully saturated rings. The number of carbonyl (C=O) groups is 5. The van der Waals surface area contributed by atoms with Gasteiger partial charge in [0.15, 0.2) is 0 Å². The highest BCUT2D eigenvalue weighted by Crippen LogP contribution is 2.17. The number of rotatable bonds is 12. The number of carboxylic acid groups (broad SMARTS) is 2. The van der Waals surface area contributed by atoms with E-state index in [2.05, 4.69) is 15.4 Å². The highest BCUT2D eigenvalue weighted by molar-refractivity contribution is 5.90. The quantitative estimate of drug-likeness (QED) is 0.270. The zero-order valence-electron chi connectivity index (χ0n) is 19.7. The molecule has 0 saturated heterocycles. The molecule has 0 aliphatic carbocycles. The minimum absolute atomic E-state index is 0.124. The molecule has 10 heteroatoms. The molecule has 1 aromatic carbocycles.